The topological polar surface area (TPSA) is 137 Å². The number of aliphatic hydroxyl groups is 3. The first-order valence-electron chi connectivity index (χ1n) is 13.5. The van der Waals surface area contributed by atoms with Gasteiger partial charge in [0.15, 0.2) is 5.60 Å². The second kappa shape index (κ2) is 7.91. The van der Waals surface area contributed by atoms with Gasteiger partial charge in [-0.25, -0.2) is 0 Å². The quantitative estimate of drug-likeness (QED) is 0.241. The number of nitrogens with one attached hydrogen (secondary N) is 1. The average Bonchev–Trinajstić information content (AvgIpc) is 3.55. The van der Waals surface area contributed by atoms with Crippen LogP contribution in [-0.2, 0) is 17.9 Å². The SMILES string of the molecule is O=C1NC(=O)c2c1c1c3ccccc3n3c1c1c2c2ccccc2n1CC(O)(C(=O)N1CCC(O)CC1)C(O)C3. The molecule has 0 radical (unpaired) electrons. The Bertz CT molecular complexity index is 1960. The van der Waals surface area contributed by atoms with Crippen molar-refractivity contribution in [1.29, 1.82) is 0 Å². The summed E-state index contributed by atoms with van der Waals surface area (Å²) in [7, 11) is 0. The van der Waals surface area contributed by atoms with E-state index in [4.69, 9.17) is 0 Å². The molecule has 0 saturated carbocycles. The molecule has 10 nitrogen and oxygen atoms in total. The van der Waals surface area contributed by atoms with Crippen LogP contribution in [0.15, 0.2) is 48.5 Å². The van der Waals surface area contributed by atoms with Gasteiger partial charge in [-0.2, -0.15) is 0 Å². The number of likely N-dealkylation sites (tertiary alicyclic amines) is 1. The Balaban J connectivity index is 1.52. The van der Waals surface area contributed by atoms with Crippen LogP contribution in [0.3, 0.4) is 0 Å². The van der Waals surface area contributed by atoms with Crippen LogP contribution < -0.4 is 5.32 Å². The minimum atomic E-state index is -2.19. The Morgan fingerprint density at radius 3 is 1.95 bits per heavy atom. The fourth-order valence-corrected chi connectivity index (χ4v) is 7.11. The van der Waals surface area contributed by atoms with E-state index in [0.29, 0.717) is 56.6 Å². The van der Waals surface area contributed by atoms with Crippen molar-refractivity contribution in [3.8, 4) is 0 Å². The van der Waals surface area contributed by atoms with Crippen molar-refractivity contribution in [2.24, 2.45) is 0 Å². The first-order valence-corrected chi connectivity index (χ1v) is 13.5. The number of benzene rings is 3. The molecule has 3 aliphatic rings. The number of hydrogen-bond acceptors (Lipinski definition) is 6. The average molecular weight is 539 g/mol. The molecule has 1 saturated heterocycles. The molecule has 3 amide bonds. The molecule has 3 aliphatic heterocycles. The van der Waals surface area contributed by atoms with E-state index < -0.39 is 35.5 Å². The lowest BCUT2D eigenvalue weighted by Crippen LogP contribution is -2.61. The third-order valence-corrected chi connectivity index (χ3v) is 9.03. The zero-order valence-electron chi connectivity index (χ0n) is 21.4. The van der Waals surface area contributed by atoms with Gasteiger partial charge in [0.1, 0.15) is 6.10 Å². The summed E-state index contributed by atoms with van der Waals surface area (Å²) in [5.41, 5.74) is 1.08. The molecular weight excluding hydrogens is 512 g/mol. The number of fused-ring (bicyclic) bond motifs is 9. The van der Waals surface area contributed by atoms with Crippen LogP contribution >= 0.6 is 0 Å². The highest BCUT2D eigenvalue weighted by Gasteiger charge is 2.49. The van der Waals surface area contributed by atoms with E-state index in [1.807, 2.05) is 57.7 Å². The van der Waals surface area contributed by atoms with E-state index >= 15 is 0 Å². The maximum absolute atomic E-state index is 14.0. The highest BCUT2D eigenvalue weighted by atomic mass is 16.4. The molecule has 0 bridgehead atoms. The molecule has 202 valence electrons. The van der Waals surface area contributed by atoms with Gasteiger partial charge in [-0.05, 0) is 25.0 Å². The Hall–Kier alpha value is -4.25. The fraction of sp³-hybridized carbons (Fsp3) is 0.300. The molecule has 8 rings (SSSR count). The van der Waals surface area contributed by atoms with Crippen LogP contribution in [-0.4, -0.2) is 78.0 Å². The maximum Gasteiger partial charge on any atom is 0.259 e. The number of imide groups is 1. The normalized spacial score (nSPS) is 23.4. The van der Waals surface area contributed by atoms with Crippen molar-refractivity contribution in [3.63, 3.8) is 0 Å². The summed E-state index contributed by atoms with van der Waals surface area (Å²) in [5, 5.41) is 39.0. The van der Waals surface area contributed by atoms with Gasteiger partial charge < -0.3 is 29.4 Å². The predicted molar refractivity (Wildman–Crippen MR) is 147 cm³/mol. The van der Waals surface area contributed by atoms with E-state index in [0.717, 1.165) is 5.39 Å². The number of aromatic nitrogens is 2. The van der Waals surface area contributed by atoms with Crippen LogP contribution in [0.4, 0.5) is 0 Å². The van der Waals surface area contributed by atoms with Crippen LogP contribution in [0.5, 0.6) is 0 Å². The number of nitrogens with zero attached hydrogens (tertiary/aromatic N) is 3. The van der Waals surface area contributed by atoms with Gasteiger partial charge >= 0.3 is 0 Å². The van der Waals surface area contributed by atoms with Gasteiger partial charge in [0, 0.05) is 45.7 Å². The zero-order valence-corrected chi connectivity index (χ0v) is 21.4. The summed E-state index contributed by atoms with van der Waals surface area (Å²) in [6, 6.07) is 14.9. The van der Waals surface area contributed by atoms with Crippen LogP contribution in [0, 0.1) is 0 Å². The minimum Gasteiger partial charge on any atom is -0.393 e. The molecule has 10 heteroatoms. The Morgan fingerprint density at radius 1 is 0.825 bits per heavy atom. The third-order valence-electron chi connectivity index (χ3n) is 9.03. The van der Waals surface area contributed by atoms with Crippen molar-refractivity contribution in [2.45, 2.75) is 43.7 Å². The second-order valence-corrected chi connectivity index (χ2v) is 11.2. The largest absolute Gasteiger partial charge is 0.393 e. The number of aliphatic hydroxyl groups excluding tert-OH is 2. The van der Waals surface area contributed by atoms with Gasteiger partial charge in [0.05, 0.1) is 41.4 Å². The van der Waals surface area contributed by atoms with E-state index in [2.05, 4.69) is 5.32 Å². The first kappa shape index (κ1) is 23.6. The van der Waals surface area contributed by atoms with Crippen molar-refractivity contribution in [3.05, 3.63) is 59.7 Å². The molecule has 40 heavy (non-hydrogen) atoms. The second-order valence-electron chi connectivity index (χ2n) is 11.2. The molecule has 2 unspecified atom stereocenters. The molecule has 3 aromatic carbocycles. The van der Waals surface area contributed by atoms with Crippen molar-refractivity contribution in [1.82, 2.24) is 19.4 Å². The number of piperidine rings is 1. The van der Waals surface area contributed by atoms with Gasteiger partial charge in [0.25, 0.3) is 17.7 Å². The lowest BCUT2D eigenvalue weighted by atomic mass is 9.91. The number of amides is 3. The standard InChI is InChI=1S/C30H26N4O6/c35-15-9-11-32(12-10-15)29(39)30(40)14-34-19-8-4-2-6-17(19)22-24-23(27(37)31-28(24)38)21-16-5-1-3-7-18(16)33(13-20(30)36)25(21)26(22)34/h1-8,15,20,35-36,40H,9-14H2,(H,31,37,38). The molecule has 0 spiro atoms. The summed E-state index contributed by atoms with van der Waals surface area (Å²) in [6.07, 6.45) is -1.19. The van der Waals surface area contributed by atoms with Crippen LogP contribution in [0.25, 0.3) is 43.6 Å². The molecule has 2 aromatic heterocycles. The first-order chi connectivity index (χ1) is 19.3. The van der Waals surface area contributed by atoms with Gasteiger partial charge in [-0.15, -0.1) is 0 Å². The van der Waals surface area contributed by atoms with E-state index in [1.54, 1.807) is 0 Å². The van der Waals surface area contributed by atoms with Crippen molar-refractivity contribution in [2.75, 3.05) is 13.1 Å². The summed E-state index contributed by atoms with van der Waals surface area (Å²) in [5.74, 6) is -1.55. The van der Waals surface area contributed by atoms with Gasteiger partial charge in [-0.1, -0.05) is 36.4 Å². The molecule has 0 aliphatic carbocycles. The molecule has 4 N–H and O–H groups in total. The summed E-state index contributed by atoms with van der Waals surface area (Å²) in [4.78, 5) is 42.0. The molecule has 1 fully saturated rings. The summed E-state index contributed by atoms with van der Waals surface area (Å²) < 4.78 is 3.68. The highest BCUT2D eigenvalue weighted by Crippen LogP contribution is 2.46. The lowest BCUT2D eigenvalue weighted by Gasteiger charge is -2.40. The molecule has 5 heterocycles. The molecule has 2 atom stereocenters. The van der Waals surface area contributed by atoms with E-state index in [1.165, 1.54) is 4.90 Å². The van der Waals surface area contributed by atoms with Crippen LogP contribution in [0.1, 0.15) is 33.6 Å². The van der Waals surface area contributed by atoms with E-state index in [9.17, 15) is 29.7 Å². The zero-order chi connectivity index (χ0) is 27.5. The lowest BCUT2D eigenvalue weighted by molar-refractivity contribution is -0.170. The Morgan fingerprint density at radius 2 is 1.35 bits per heavy atom. The number of carbonyl (C=O) groups is 3. The number of para-hydroxylation sites is 2. The summed E-state index contributed by atoms with van der Waals surface area (Å²) >= 11 is 0. The monoisotopic (exact) mass is 538 g/mol. The highest BCUT2D eigenvalue weighted by molar-refractivity contribution is 6.39. The third kappa shape index (κ3) is 2.85. The maximum atomic E-state index is 14.0. The Kier molecular flexibility index (Phi) is 4.67. The summed E-state index contributed by atoms with van der Waals surface area (Å²) in [6.45, 7) is 0.203. The van der Waals surface area contributed by atoms with Crippen molar-refractivity contribution < 1.29 is 29.7 Å². The minimum absolute atomic E-state index is 0.103. The molecular formula is C30H26N4O6. The van der Waals surface area contributed by atoms with Crippen LogP contribution in [0.2, 0.25) is 0 Å². The number of rotatable bonds is 1. The van der Waals surface area contributed by atoms with E-state index in [-0.39, 0.29) is 31.7 Å². The van der Waals surface area contributed by atoms with Gasteiger partial charge in [-0.3, -0.25) is 19.7 Å². The number of hydrogen-bond donors (Lipinski definition) is 4. The fourth-order valence-electron chi connectivity index (χ4n) is 7.11. The predicted octanol–water partition coefficient (Wildman–Crippen LogP) is 1.87. The molecule has 5 aromatic rings. The number of carbonyl (C=O) groups excluding carboxylic acids is 3. The smallest absolute Gasteiger partial charge is 0.259 e. The Labute approximate surface area is 227 Å². The van der Waals surface area contributed by atoms with Gasteiger partial charge in [0.2, 0.25) is 0 Å². The van der Waals surface area contributed by atoms with Crippen molar-refractivity contribution >= 4 is 61.3 Å².